The molecule has 8 heteroatoms. The molecular weight excluding hydrogens is 324 g/mol. The normalized spacial score (nSPS) is 16.2. The molecular formula is C16H20N6OS. The Hall–Kier alpha value is -2.19. The second kappa shape index (κ2) is 6.03. The van der Waals surface area contributed by atoms with E-state index in [-0.39, 0.29) is 5.56 Å². The molecule has 0 radical (unpaired) electrons. The fraction of sp³-hybridized carbons (Fsp3) is 0.438. The molecule has 7 nitrogen and oxygen atoms in total. The molecule has 4 rings (SSSR count). The van der Waals surface area contributed by atoms with Gasteiger partial charge in [0, 0.05) is 57.4 Å². The number of imidazole rings is 1. The van der Waals surface area contributed by atoms with Crippen molar-refractivity contribution in [1.82, 2.24) is 24.1 Å². The maximum Gasteiger partial charge on any atom is 0.268 e. The van der Waals surface area contributed by atoms with Crippen molar-refractivity contribution in [2.75, 3.05) is 31.1 Å². The van der Waals surface area contributed by atoms with Crippen LogP contribution in [0.1, 0.15) is 11.4 Å². The number of hydrogen-bond acceptors (Lipinski definition) is 6. The summed E-state index contributed by atoms with van der Waals surface area (Å²) in [6.07, 6.45) is 3.87. The van der Waals surface area contributed by atoms with Crippen molar-refractivity contribution in [1.29, 1.82) is 0 Å². The third-order valence-corrected chi connectivity index (χ3v) is 5.38. The molecule has 4 heterocycles. The maximum atomic E-state index is 11.7. The van der Waals surface area contributed by atoms with E-state index in [1.54, 1.807) is 30.6 Å². The van der Waals surface area contributed by atoms with E-state index in [1.807, 2.05) is 0 Å². The first kappa shape index (κ1) is 15.3. The van der Waals surface area contributed by atoms with Gasteiger partial charge in [-0.3, -0.25) is 14.1 Å². The number of rotatable bonds is 3. The molecule has 3 aromatic heterocycles. The first-order valence-corrected chi connectivity index (χ1v) is 8.91. The third kappa shape index (κ3) is 2.71. The molecule has 0 aromatic carbocycles. The number of anilines is 1. The van der Waals surface area contributed by atoms with Crippen LogP contribution in [-0.2, 0) is 13.6 Å². The summed E-state index contributed by atoms with van der Waals surface area (Å²) in [6, 6.07) is 1.67. The van der Waals surface area contributed by atoms with Gasteiger partial charge in [0.15, 0.2) is 4.96 Å². The number of piperazine rings is 1. The van der Waals surface area contributed by atoms with Gasteiger partial charge in [-0.05, 0) is 6.92 Å². The van der Waals surface area contributed by atoms with Crippen LogP contribution in [0.2, 0.25) is 0 Å². The molecule has 24 heavy (non-hydrogen) atoms. The lowest BCUT2D eigenvalue weighted by Gasteiger charge is -2.35. The molecule has 0 spiro atoms. The monoisotopic (exact) mass is 344 g/mol. The van der Waals surface area contributed by atoms with Crippen molar-refractivity contribution >= 4 is 22.0 Å². The SMILES string of the molecule is Cc1nc2sccn2c1CN1CCN(c2cnn(C)c(=O)c2)CC1. The predicted octanol–water partition coefficient (Wildman–Crippen LogP) is 1.12. The Labute approximate surface area is 143 Å². The minimum Gasteiger partial charge on any atom is -0.368 e. The van der Waals surface area contributed by atoms with Crippen LogP contribution >= 0.6 is 11.3 Å². The molecule has 1 aliphatic rings. The van der Waals surface area contributed by atoms with Gasteiger partial charge in [-0.1, -0.05) is 0 Å². The summed E-state index contributed by atoms with van der Waals surface area (Å²) in [6.45, 7) is 6.72. The summed E-state index contributed by atoms with van der Waals surface area (Å²) in [7, 11) is 1.67. The van der Waals surface area contributed by atoms with Crippen molar-refractivity contribution < 1.29 is 0 Å². The Morgan fingerprint density at radius 1 is 1.25 bits per heavy atom. The first-order valence-electron chi connectivity index (χ1n) is 8.03. The molecule has 0 N–H and O–H groups in total. The van der Waals surface area contributed by atoms with Crippen molar-refractivity contribution in [2.45, 2.75) is 13.5 Å². The zero-order valence-corrected chi connectivity index (χ0v) is 14.7. The van der Waals surface area contributed by atoms with Crippen LogP contribution in [0.3, 0.4) is 0 Å². The van der Waals surface area contributed by atoms with Gasteiger partial charge in [0.25, 0.3) is 5.56 Å². The molecule has 0 saturated carbocycles. The maximum absolute atomic E-state index is 11.7. The smallest absolute Gasteiger partial charge is 0.268 e. The Kier molecular flexibility index (Phi) is 3.85. The average molecular weight is 344 g/mol. The average Bonchev–Trinajstić information content (AvgIpc) is 3.14. The number of aryl methyl sites for hydroxylation is 2. The topological polar surface area (TPSA) is 58.7 Å². The van der Waals surface area contributed by atoms with E-state index in [1.165, 1.54) is 10.4 Å². The Bertz CT molecular complexity index is 918. The second-order valence-electron chi connectivity index (χ2n) is 6.14. The predicted molar refractivity (Wildman–Crippen MR) is 94.8 cm³/mol. The van der Waals surface area contributed by atoms with Gasteiger partial charge in [-0.25, -0.2) is 9.67 Å². The Morgan fingerprint density at radius 3 is 2.79 bits per heavy atom. The Morgan fingerprint density at radius 2 is 2.04 bits per heavy atom. The van der Waals surface area contributed by atoms with Crippen molar-refractivity contribution in [3.05, 3.63) is 45.6 Å². The van der Waals surface area contributed by atoms with E-state index in [9.17, 15) is 4.79 Å². The number of thiazole rings is 1. The number of aromatic nitrogens is 4. The van der Waals surface area contributed by atoms with Gasteiger partial charge in [0.05, 0.1) is 23.3 Å². The number of nitrogens with zero attached hydrogens (tertiary/aromatic N) is 6. The number of hydrogen-bond donors (Lipinski definition) is 0. The molecule has 1 fully saturated rings. The lowest BCUT2D eigenvalue weighted by Crippen LogP contribution is -2.46. The minimum absolute atomic E-state index is 0.0651. The summed E-state index contributed by atoms with van der Waals surface area (Å²) >= 11 is 1.67. The highest BCUT2D eigenvalue weighted by Gasteiger charge is 2.20. The highest BCUT2D eigenvalue weighted by molar-refractivity contribution is 7.15. The van der Waals surface area contributed by atoms with E-state index in [2.05, 4.69) is 42.8 Å². The molecule has 1 saturated heterocycles. The van der Waals surface area contributed by atoms with Gasteiger partial charge >= 0.3 is 0 Å². The van der Waals surface area contributed by atoms with Crippen LogP contribution in [0.4, 0.5) is 5.69 Å². The van der Waals surface area contributed by atoms with E-state index in [4.69, 9.17) is 0 Å². The molecule has 0 bridgehead atoms. The first-order chi connectivity index (χ1) is 11.6. The van der Waals surface area contributed by atoms with Crippen LogP contribution in [-0.4, -0.2) is 50.2 Å². The quantitative estimate of drug-likeness (QED) is 0.713. The molecule has 0 amide bonds. The van der Waals surface area contributed by atoms with Gasteiger partial charge in [0.2, 0.25) is 0 Å². The molecule has 0 atom stereocenters. The highest BCUT2D eigenvalue weighted by Crippen LogP contribution is 2.20. The molecule has 126 valence electrons. The molecule has 3 aromatic rings. The summed E-state index contributed by atoms with van der Waals surface area (Å²) in [5.41, 5.74) is 3.23. The van der Waals surface area contributed by atoms with Crippen molar-refractivity contribution in [3.63, 3.8) is 0 Å². The van der Waals surface area contributed by atoms with Crippen LogP contribution in [0, 0.1) is 6.92 Å². The number of fused-ring (bicyclic) bond motifs is 1. The van der Waals surface area contributed by atoms with E-state index < -0.39 is 0 Å². The van der Waals surface area contributed by atoms with E-state index in [0.717, 1.165) is 49.1 Å². The van der Waals surface area contributed by atoms with Crippen LogP contribution in [0.25, 0.3) is 4.96 Å². The second-order valence-corrected chi connectivity index (χ2v) is 7.01. The van der Waals surface area contributed by atoms with Crippen molar-refractivity contribution in [2.24, 2.45) is 7.05 Å². The van der Waals surface area contributed by atoms with E-state index >= 15 is 0 Å². The molecule has 0 aliphatic carbocycles. The zero-order valence-electron chi connectivity index (χ0n) is 13.8. The highest BCUT2D eigenvalue weighted by atomic mass is 32.1. The summed E-state index contributed by atoms with van der Waals surface area (Å²) in [5, 5.41) is 6.19. The Balaban J connectivity index is 1.44. The lowest BCUT2D eigenvalue weighted by molar-refractivity contribution is 0.246. The van der Waals surface area contributed by atoms with Gasteiger partial charge < -0.3 is 4.90 Å². The lowest BCUT2D eigenvalue weighted by atomic mass is 10.2. The zero-order chi connectivity index (χ0) is 16.7. The standard InChI is InChI=1S/C16H20N6OS/c1-12-14(22-7-8-24-16(22)18-12)11-20-3-5-21(6-4-20)13-9-15(23)19(2)17-10-13/h7-10H,3-6,11H2,1-2H3. The molecule has 0 unspecified atom stereocenters. The van der Waals surface area contributed by atoms with Gasteiger partial charge in [-0.2, -0.15) is 5.10 Å². The van der Waals surface area contributed by atoms with Crippen LogP contribution < -0.4 is 10.5 Å². The van der Waals surface area contributed by atoms with Crippen LogP contribution in [0.15, 0.2) is 28.6 Å². The van der Waals surface area contributed by atoms with Crippen LogP contribution in [0.5, 0.6) is 0 Å². The fourth-order valence-corrected chi connectivity index (χ4v) is 3.92. The van der Waals surface area contributed by atoms with Gasteiger partial charge in [-0.15, -0.1) is 11.3 Å². The fourth-order valence-electron chi connectivity index (χ4n) is 3.14. The van der Waals surface area contributed by atoms with E-state index in [0.29, 0.717) is 0 Å². The third-order valence-electron chi connectivity index (χ3n) is 4.63. The largest absolute Gasteiger partial charge is 0.368 e. The summed E-state index contributed by atoms with van der Waals surface area (Å²) < 4.78 is 3.55. The summed E-state index contributed by atoms with van der Waals surface area (Å²) in [5.74, 6) is 0. The van der Waals surface area contributed by atoms with Gasteiger partial charge in [0.1, 0.15) is 0 Å². The molecule has 1 aliphatic heterocycles. The minimum atomic E-state index is -0.0651. The van der Waals surface area contributed by atoms with Crippen molar-refractivity contribution in [3.8, 4) is 0 Å². The summed E-state index contributed by atoms with van der Waals surface area (Å²) in [4.78, 5) is 22.1.